The van der Waals surface area contributed by atoms with Crippen LogP contribution in [0.3, 0.4) is 0 Å². The molecule has 1 N–H and O–H groups in total. The van der Waals surface area contributed by atoms with Crippen LogP contribution in [0.2, 0.25) is 5.02 Å². The summed E-state index contributed by atoms with van der Waals surface area (Å²) in [6.07, 6.45) is 3.49. The summed E-state index contributed by atoms with van der Waals surface area (Å²) in [4.78, 5) is 13.8. The minimum absolute atomic E-state index is 0.0737. The van der Waals surface area contributed by atoms with Crippen LogP contribution in [0.25, 0.3) is 0 Å². The van der Waals surface area contributed by atoms with Crippen molar-refractivity contribution in [2.24, 2.45) is 5.10 Å². The van der Waals surface area contributed by atoms with Gasteiger partial charge in [0.25, 0.3) is 15.9 Å². The van der Waals surface area contributed by atoms with Crippen molar-refractivity contribution in [1.82, 2.24) is 5.43 Å². The zero-order valence-corrected chi connectivity index (χ0v) is 19.9. The Balaban J connectivity index is 1.84. The number of sulfonamides is 1. The minimum Gasteiger partial charge on any atom is -0.271 e. The summed E-state index contributed by atoms with van der Waals surface area (Å²) in [6.45, 7) is 1.30. The highest BCUT2D eigenvalue weighted by Crippen LogP contribution is 2.29. The molecule has 9 heteroatoms. The van der Waals surface area contributed by atoms with Gasteiger partial charge in [-0.3, -0.25) is 9.10 Å². The van der Waals surface area contributed by atoms with E-state index in [0.717, 1.165) is 14.8 Å². The number of halogens is 1. The van der Waals surface area contributed by atoms with Gasteiger partial charge in [0.05, 0.1) is 16.8 Å². The van der Waals surface area contributed by atoms with Gasteiger partial charge >= 0.3 is 0 Å². The third-order valence-electron chi connectivity index (χ3n) is 4.58. The molecule has 3 rings (SSSR count). The fraction of sp³-hybridized carbons (Fsp3) is 0.130. The number of thioether (sulfide) groups is 1. The molecule has 0 spiro atoms. The first-order valence-corrected chi connectivity index (χ1v) is 12.7. The van der Waals surface area contributed by atoms with Gasteiger partial charge in [0, 0.05) is 9.92 Å². The van der Waals surface area contributed by atoms with Crippen LogP contribution in [0, 0.1) is 6.92 Å². The van der Waals surface area contributed by atoms with E-state index in [0.29, 0.717) is 16.3 Å². The van der Waals surface area contributed by atoms with Crippen LogP contribution >= 0.6 is 23.4 Å². The van der Waals surface area contributed by atoms with Crippen molar-refractivity contribution in [3.63, 3.8) is 0 Å². The quantitative estimate of drug-likeness (QED) is 0.283. The van der Waals surface area contributed by atoms with Crippen LogP contribution in [-0.2, 0) is 14.8 Å². The van der Waals surface area contributed by atoms with Crippen LogP contribution < -0.4 is 9.73 Å². The molecule has 3 aromatic rings. The lowest BCUT2D eigenvalue weighted by molar-refractivity contribution is -0.119. The summed E-state index contributed by atoms with van der Waals surface area (Å²) < 4.78 is 27.7. The molecule has 0 aliphatic rings. The fourth-order valence-electron chi connectivity index (χ4n) is 2.91. The maximum absolute atomic E-state index is 13.3. The van der Waals surface area contributed by atoms with Gasteiger partial charge in [0.15, 0.2) is 0 Å². The average molecular weight is 488 g/mol. The second-order valence-corrected chi connectivity index (χ2v) is 10.0. The third kappa shape index (κ3) is 5.91. The second-order valence-electron chi connectivity index (χ2n) is 6.82. The first-order valence-electron chi connectivity index (χ1n) is 9.61. The average Bonchev–Trinajstić information content (AvgIpc) is 2.80. The molecule has 0 radical (unpaired) electrons. The minimum atomic E-state index is -4.01. The van der Waals surface area contributed by atoms with Gasteiger partial charge in [-0.05, 0) is 60.7 Å². The number of carbonyl (C=O) groups is 1. The zero-order valence-electron chi connectivity index (χ0n) is 17.5. The van der Waals surface area contributed by atoms with Crippen LogP contribution in [0.15, 0.2) is 87.7 Å². The second kappa shape index (κ2) is 10.7. The molecule has 0 saturated heterocycles. The highest BCUT2D eigenvalue weighted by atomic mass is 35.5. The van der Waals surface area contributed by atoms with Gasteiger partial charge in [-0.1, -0.05) is 48.0 Å². The lowest BCUT2D eigenvalue weighted by Gasteiger charge is -2.25. The molecule has 32 heavy (non-hydrogen) atoms. The largest absolute Gasteiger partial charge is 0.271 e. The lowest BCUT2D eigenvalue weighted by atomic mass is 10.2. The Morgan fingerprint density at radius 1 is 1.09 bits per heavy atom. The van der Waals surface area contributed by atoms with Crippen molar-refractivity contribution in [2.75, 3.05) is 17.1 Å². The number of nitrogens with zero attached hydrogens (tertiary/aromatic N) is 2. The summed E-state index contributed by atoms with van der Waals surface area (Å²) in [7, 11) is -4.01. The molecule has 0 unspecified atom stereocenters. The summed E-state index contributed by atoms with van der Waals surface area (Å²) >= 11 is 7.75. The number of nitrogens with one attached hydrogen (secondary N) is 1. The highest BCUT2D eigenvalue weighted by Gasteiger charge is 2.28. The standard InChI is InChI=1S/C23H22ClN3O3S2/c1-17-8-11-19(24)14-22(17)27(32(29,30)21-6-4-3-5-7-21)16-23(28)26-25-15-18-9-12-20(31-2)13-10-18/h3-15H,16H2,1-2H3,(H,26,28)/b25-15+. The van der Waals surface area contributed by atoms with Crippen LogP contribution in [-0.4, -0.2) is 33.3 Å². The maximum Gasteiger partial charge on any atom is 0.264 e. The van der Waals surface area contributed by atoms with E-state index in [-0.39, 0.29) is 4.90 Å². The molecular weight excluding hydrogens is 466 g/mol. The fourth-order valence-corrected chi connectivity index (χ4v) is 4.98. The van der Waals surface area contributed by atoms with Crippen molar-refractivity contribution in [2.45, 2.75) is 16.7 Å². The molecule has 0 heterocycles. The van der Waals surface area contributed by atoms with E-state index in [1.165, 1.54) is 24.4 Å². The number of anilines is 1. The Bertz CT molecular complexity index is 1210. The third-order valence-corrected chi connectivity index (χ3v) is 7.33. The van der Waals surface area contributed by atoms with Crippen LogP contribution in [0.5, 0.6) is 0 Å². The SMILES string of the molecule is CSc1ccc(/C=N/NC(=O)CN(c2cc(Cl)ccc2C)S(=O)(=O)c2ccccc2)cc1. The van der Waals surface area contributed by atoms with Crippen LogP contribution in [0.4, 0.5) is 5.69 Å². The van der Waals surface area contributed by atoms with Gasteiger partial charge in [0.1, 0.15) is 6.54 Å². The number of carbonyl (C=O) groups excluding carboxylic acids is 1. The molecule has 3 aromatic carbocycles. The first-order chi connectivity index (χ1) is 15.3. The predicted molar refractivity (Wildman–Crippen MR) is 131 cm³/mol. The molecule has 0 aliphatic carbocycles. The summed E-state index contributed by atoms with van der Waals surface area (Å²) in [5.74, 6) is -0.583. The molecule has 0 fully saturated rings. The van der Waals surface area contributed by atoms with Crippen molar-refractivity contribution in [1.29, 1.82) is 0 Å². The summed E-state index contributed by atoms with van der Waals surface area (Å²) in [6, 6.07) is 20.5. The van der Waals surface area contributed by atoms with E-state index in [2.05, 4.69) is 10.5 Å². The number of benzene rings is 3. The zero-order chi connectivity index (χ0) is 23.1. The molecule has 0 saturated carbocycles. The number of hydrogen-bond donors (Lipinski definition) is 1. The summed E-state index contributed by atoms with van der Waals surface area (Å²) in [5, 5.41) is 4.33. The molecule has 6 nitrogen and oxygen atoms in total. The maximum atomic E-state index is 13.3. The first kappa shape index (κ1) is 23.8. The molecule has 0 aromatic heterocycles. The Hall–Kier alpha value is -2.81. The van der Waals surface area contributed by atoms with Gasteiger partial charge in [0.2, 0.25) is 0 Å². The molecule has 166 valence electrons. The van der Waals surface area contributed by atoms with E-state index in [1.807, 2.05) is 30.5 Å². The Kier molecular flexibility index (Phi) is 7.95. The Labute approximate surface area is 197 Å². The van der Waals surface area contributed by atoms with E-state index in [9.17, 15) is 13.2 Å². The van der Waals surface area contributed by atoms with E-state index >= 15 is 0 Å². The van der Waals surface area contributed by atoms with Gasteiger partial charge in [-0.2, -0.15) is 5.10 Å². The summed E-state index contributed by atoms with van der Waals surface area (Å²) in [5.41, 5.74) is 4.20. The van der Waals surface area contributed by atoms with Gasteiger partial charge in [-0.15, -0.1) is 11.8 Å². The molecule has 0 bridgehead atoms. The number of aryl methyl sites for hydroxylation is 1. The van der Waals surface area contributed by atoms with Gasteiger partial charge < -0.3 is 0 Å². The van der Waals surface area contributed by atoms with Crippen molar-refractivity contribution in [3.05, 3.63) is 88.9 Å². The normalized spacial score (nSPS) is 11.5. The molecular formula is C23H22ClN3O3S2. The Morgan fingerprint density at radius 2 is 1.78 bits per heavy atom. The van der Waals surface area contributed by atoms with Gasteiger partial charge in [-0.25, -0.2) is 13.8 Å². The van der Waals surface area contributed by atoms with Crippen LogP contribution in [0.1, 0.15) is 11.1 Å². The van der Waals surface area contributed by atoms with Crippen molar-refractivity contribution >= 4 is 51.2 Å². The number of amides is 1. The number of rotatable bonds is 8. The number of hydrogen-bond acceptors (Lipinski definition) is 5. The smallest absolute Gasteiger partial charge is 0.264 e. The monoisotopic (exact) mass is 487 g/mol. The molecule has 1 amide bonds. The molecule has 0 aliphatic heterocycles. The predicted octanol–water partition coefficient (Wildman–Crippen LogP) is 4.72. The van der Waals surface area contributed by atoms with E-state index in [1.54, 1.807) is 49.0 Å². The van der Waals surface area contributed by atoms with Crippen molar-refractivity contribution < 1.29 is 13.2 Å². The number of hydrazone groups is 1. The topological polar surface area (TPSA) is 78.8 Å². The van der Waals surface area contributed by atoms with E-state index in [4.69, 9.17) is 11.6 Å². The highest BCUT2D eigenvalue weighted by molar-refractivity contribution is 7.98. The lowest BCUT2D eigenvalue weighted by Crippen LogP contribution is -2.40. The Morgan fingerprint density at radius 3 is 2.44 bits per heavy atom. The molecule has 0 atom stereocenters. The van der Waals surface area contributed by atoms with E-state index < -0.39 is 22.5 Å². The van der Waals surface area contributed by atoms with Crippen molar-refractivity contribution in [3.8, 4) is 0 Å².